The quantitative estimate of drug-likeness (QED) is 0.416. The van der Waals surface area contributed by atoms with E-state index < -0.39 is 0 Å². The molecule has 1 saturated heterocycles. The second-order valence-electron chi connectivity index (χ2n) is 10.2. The van der Waals surface area contributed by atoms with E-state index in [4.69, 9.17) is 19.4 Å². The van der Waals surface area contributed by atoms with Crippen LogP contribution in [0.15, 0.2) is 53.3 Å². The fourth-order valence-corrected chi connectivity index (χ4v) is 5.56. The van der Waals surface area contributed by atoms with Crippen LogP contribution in [0.4, 0.5) is 5.13 Å². The Morgan fingerprint density at radius 2 is 2.03 bits per heavy atom. The van der Waals surface area contributed by atoms with Crippen LogP contribution in [0.2, 0.25) is 0 Å². The number of nitrogens with zero attached hydrogens (tertiary/aromatic N) is 3. The van der Waals surface area contributed by atoms with Crippen LogP contribution in [-0.4, -0.2) is 53.4 Å². The van der Waals surface area contributed by atoms with E-state index in [1.165, 1.54) is 5.57 Å². The van der Waals surface area contributed by atoms with Gasteiger partial charge in [0.25, 0.3) is 5.91 Å². The molecule has 0 radical (unpaired) electrons. The van der Waals surface area contributed by atoms with Crippen LogP contribution < -0.4 is 10.6 Å². The van der Waals surface area contributed by atoms with Crippen LogP contribution in [0.5, 0.6) is 0 Å². The number of nitrogens with one attached hydrogen (secondary N) is 2. The Hall–Kier alpha value is -3.01. The predicted octanol–water partition coefficient (Wildman–Crippen LogP) is 4.91. The number of hydrogen-bond acceptors (Lipinski definition) is 7. The molecule has 9 heteroatoms. The highest BCUT2D eigenvalue weighted by Crippen LogP contribution is 2.35. The summed E-state index contributed by atoms with van der Waals surface area (Å²) in [4.78, 5) is 22.8. The zero-order valence-electron chi connectivity index (χ0n) is 21.8. The number of pyridine rings is 1. The van der Waals surface area contributed by atoms with Gasteiger partial charge in [0.2, 0.25) is 0 Å². The number of methoxy groups -OCH3 is 1. The third-order valence-electron chi connectivity index (χ3n) is 7.39. The molecule has 1 saturated carbocycles. The highest BCUT2D eigenvalue weighted by Gasteiger charge is 2.31. The number of ether oxygens (including phenoxy) is 2. The minimum absolute atomic E-state index is 0.0253. The first-order valence-corrected chi connectivity index (χ1v) is 13.7. The number of rotatable bonds is 9. The van der Waals surface area contributed by atoms with E-state index >= 15 is 0 Å². The van der Waals surface area contributed by atoms with Gasteiger partial charge in [0.1, 0.15) is 5.69 Å². The van der Waals surface area contributed by atoms with E-state index in [9.17, 15) is 4.79 Å². The smallest absolute Gasteiger partial charge is 0.253 e. The Balaban J connectivity index is 1.36. The lowest BCUT2D eigenvalue weighted by molar-refractivity contribution is 0.0551. The van der Waals surface area contributed by atoms with Crippen LogP contribution in [-0.2, 0) is 21.9 Å². The molecule has 1 aliphatic carbocycles. The SMILES string of the molecule is COCC(NC(=O)c1ccn(C)c1)C(Nc1nc(-c2cccc(C3(C)CCOCC3)n2)cs1)=C1CCC1. The lowest BCUT2D eigenvalue weighted by atomic mass is 9.79. The first-order valence-electron chi connectivity index (χ1n) is 12.9. The van der Waals surface area contributed by atoms with Gasteiger partial charge in [0, 0.05) is 62.0 Å². The summed E-state index contributed by atoms with van der Waals surface area (Å²) in [5.41, 5.74) is 5.75. The van der Waals surface area contributed by atoms with Crippen molar-refractivity contribution in [1.82, 2.24) is 19.9 Å². The number of amides is 1. The van der Waals surface area contributed by atoms with Gasteiger partial charge in [-0.1, -0.05) is 13.0 Å². The van der Waals surface area contributed by atoms with Crippen molar-refractivity contribution < 1.29 is 14.3 Å². The molecule has 2 fully saturated rings. The maximum Gasteiger partial charge on any atom is 0.253 e. The van der Waals surface area contributed by atoms with E-state index in [2.05, 4.69) is 29.7 Å². The van der Waals surface area contributed by atoms with Crippen molar-refractivity contribution in [3.8, 4) is 11.4 Å². The number of aryl methyl sites for hydroxylation is 1. The van der Waals surface area contributed by atoms with Gasteiger partial charge >= 0.3 is 0 Å². The maximum absolute atomic E-state index is 12.9. The van der Waals surface area contributed by atoms with Gasteiger partial charge in [-0.2, -0.15) is 0 Å². The molecule has 2 aliphatic rings. The van der Waals surface area contributed by atoms with Crippen molar-refractivity contribution in [2.24, 2.45) is 7.05 Å². The first-order chi connectivity index (χ1) is 17.9. The van der Waals surface area contributed by atoms with Crippen LogP contribution in [0, 0.1) is 0 Å². The number of carbonyl (C=O) groups is 1. The number of allylic oxidation sites excluding steroid dienone is 1. The molecule has 3 aromatic rings. The van der Waals surface area contributed by atoms with Crippen molar-refractivity contribution >= 4 is 22.4 Å². The molecule has 0 bridgehead atoms. The molecule has 5 rings (SSSR count). The number of anilines is 1. The zero-order chi connectivity index (χ0) is 25.8. The van der Waals surface area contributed by atoms with Crippen molar-refractivity contribution in [3.05, 3.63) is 64.6 Å². The van der Waals surface area contributed by atoms with E-state index in [1.807, 2.05) is 41.5 Å². The molecule has 0 spiro atoms. The highest BCUT2D eigenvalue weighted by atomic mass is 32.1. The number of aromatic nitrogens is 3. The predicted molar refractivity (Wildman–Crippen MR) is 146 cm³/mol. The molecule has 1 aliphatic heterocycles. The monoisotopic (exact) mass is 521 g/mol. The fraction of sp³-hybridized carbons (Fsp3) is 0.464. The summed E-state index contributed by atoms with van der Waals surface area (Å²) in [6.07, 6.45) is 8.79. The summed E-state index contributed by atoms with van der Waals surface area (Å²) in [5.74, 6) is -0.121. The summed E-state index contributed by atoms with van der Waals surface area (Å²) in [7, 11) is 3.56. The van der Waals surface area contributed by atoms with Gasteiger partial charge in [-0.05, 0) is 55.9 Å². The standard InChI is InChI=1S/C28H35N5O3S/c1-28(11-14-36-15-12-28)24-9-5-8-21(29-24)23-18-37-27(31-23)32-25(19-6-4-7-19)22(17-35-3)30-26(34)20-10-13-33(2)16-20/h5,8-10,13,16,18,22H,4,6-7,11-12,14-15,17H2,1-3H3,(H,30,34)(H,31,32). The second-order valence-corrected chi connectivity index (χ2v) is 11.0. The largest absolute Gasteiger partial charge is 0.382 e. The van der Waals surface area contributed by atoms with Gasteiger partial charge in [-0.25, -0.2) is 4.98 Å². The minimum atomic E-state index is -0.296. The minimum Gasteiger partial charge on any atom is -0.382 e. The Morgan fingerprint density at radius 1 is 1.22 bits per heavy atom. The summed E-state index contributed by atoms with van der Waals surface area (Å²) < 4.78 is 12.9. The molecule has 2 N–H and O–H groups in total. The Bertz CT molecular complexity index is 1270. The van der Waals surface area contributed by atoms with Crippen LogP contribution in [0.1, 0.15) is 55.1 Å². The van der Waals surface area contributed by atoms with Crippen molar-refractivity contribution in [3.63, 3.8) is 0 Å². The molecule has 1 amide bonds. The van der Waals surface area contributed by atoms with Crippen molar-refractivity contribution in [1.29, 1.82) is 0 Å². The molecule has 196 valence electrons. The van der Waals surface area contributed by atoms with E-state index in [0.29, 0.717) is 12.2 Å². The van der Waals surface area contributed by atoms with Gasteiger partial charge in [0.15, 0.2) is 5.13 Å². The molecular formula is C28H35N5O3S. The Labute approximate surface area is 222 Å². The van der Waals surface area contributed by atoms with Crippen LogP contribution >= 0.6 is 11.3 Å². The molecule has 4 heterocycles. The zero-order valence-corrected chi connectivity index (χ0v) is 22.6. The van der Waals surface area contributed by atoms with Crippen molar-refractivity contribution in [2.45, 2.75) is 50.5 Å². The molecule has 0 aromatic carbocycles. The summed E-state index contributed by atoms with van der Waals surface area (Å²) in [6, 6.07) is 7.72. The topological polar surface area (TPSA) is 90.3 Å². The summed E-state index contributed by atoms with van der Waals surface area (Å²) in [5, 5.41) is 9.53. The van der Waals surface area contributed by atoms with Gasteiger partial charge in [-0.3, -0.25) is 9.78 Å². The summed E-state index contributed by atoms with van der Waals surface area (Å²) in [6.45, 7) is 4.18. The third-order valence-corrected chi connectivity index (χ3v) is 8.15. The Morgan fingerprint density at radius 3 is 2.70 bits per heavy atom. The van der Waals surface area contributed by atoms with E-state index in [-0.39, 0.29) is 17.4 Å². The molecule has 1 unspecified atom stereocenters. The van der Waals surface area contributed by atoms with Crippen LogP contribution in [0.25, 0.3) is 11.4 Å². The van der Waals surface area contributed by atoms with Gasteiger partial charge < -0.3 is 24.7 Å². The third kappa shape index (κ3) is 5.79. The summed E-state index contributed by atoms with van der Waals surface area (Å²) >= 11 is 1.55. The second kappa shape index (κ2) is 11.2. The normalized spacial score (nSPS) is 17.6. The maximum atomic E-state index is 12.9. The lowest BCUT2D eigenvalue weighted by Gasteiger charge is -2.33. The number of hydrogen-bond donors (Lipinski definition) is 2. The lowest BCUT2D eigenvalue weighted by Crippen LogP contribution is -2.42. The van der Waals surface area contributed by atoms with E-state index in [0.717, 1.165) is 73.2 Å². The first kappa shape index (κ1) is 25.6. The highest BCUT2D eigenvalue weighted by molar-refractivity contribution is 7.14. The number of carbonyl (C=O) groups excluding carboxylic acids is 1. The number of thiazole rings is 1. The van der Waals surface area contributed by atoms with Crippen LogP contribution in [0.3, 0.4) is 0 Å². The van der Waals surface area contributed by atoms with E-state index in [1.54, 1.807) is 18.4 Å². The molecule has 3 aromatic heterocycles. The van der Waals surface area contributed by atoms with Gasteiger partial charge in [0.05, 0.1) is 23.9 Å². The van der Waals surface area contributed by atoms with Gasteiger partial charge in [-0.15, -0.1) is 11.3 Å². The average molecular weight is 522 g/mol. The Kier molecular flexibility index (Phi) is 7.73. The molecular weight excluding hydrogens is 486 g/mol. The molecule has 8 nitrogen and oxygen atoms in total. The average Bonchev–Trinajstić information content (AvgIpc) is 3.52. The molecule has 1 atom stereocenters. The van der Waals surface area contributed by atoms with Crippen molar-refractivity contribution in [2.75, 3.05) is 32.2 Å². The fourth-order valence-electron chi connectivity index (χ4n) is 4.84. The molecule has 37 heavy (non-hydrogen) atoms.